The Labute approximate surface area is 96.2 Å². The largest absolute Gasteiger partial charge is 0.243 e. The first-order chi connectivity index (χ1) is 7.72. The van der Waals surface area contributed by atoms with E-state index < -0.39 is 5.95 Å². The Bertz CT molecular complexity index is 560. The van der Waals surface area contributed by atoms with Crippen molar-refractivity contribution in [3.05, 3.63) is 47.3 Å². The maximum atomic E-state index is 12.6. The first-order valence-electron chi connectivity index (χ1n) is 4.39. The third-order valence-electron chi connectivity index (χ3n) is 2.05. The SMILES string of the molecule is N#Cc1c(-c2ccc(F)nc2)ccnc1Cl. The van der Waals surface area contributed by atoms with E-state index in [1.807, 2.05) is 6.07 Å². The van der Waals surface area contributed by atoms with Gasteiger partial charge in [-0.25, -0.2) is 9.97 Å². The molecule has 16 heavy (non-hydrogen) atoms. The molecule has 0 fully saturated rings. The first kappa shape index (κ1) is 10.5. The topological polar surface area (TPSA) is 49.6 Å². The van der Waals surface area contributed by atoms with Gasteiger partial charge in [-0.15, -0.1) is 0 Å². The van der Waals surface area contributed by atoms with Crippen molar-refractivity contribution >= 4 is 11.6 Å². The average molecular weight is 234 g/mol. The van der Waals surface area contributed by atoms with Crippen LogP contribution < -0.4 is 0 Å². The van der Waals surface area contributed by atoms with Crippen LogP contribution in [0.5, 0.6) is 0 Å². The lowest BCUT2D eigenvalue weighted by Gasteiger charge is -2.03. The summed E-state index contributed by atoms with van der Waals surface area (Å²) in [6, 6.07) is 6.36. The zero-order valence-corrected chi connectivity index (χ0v) is 8.74. The lowest BCUT2D eigenvalue weighted by Crippen LogP contribution is -1.90. The van der Waals surface area contributed by atoms with Gasteiger partial charge in [0.1, 0.15) is 11.2 Å². The van der Waals surface area contributed by atoms with Crippen LogP contribution in [0, 0.1) is 17.3 Å². The van der Waals surface area contributed by atoms with Crippen molar-refractivity contribution in [1.82, 2.24) is 9.97 Å². The fraction of sp³-hybridized carbons (Fsp3) is 0. The first-order valence-corrected chi connectivity index (χ1v) is 4.76. The lowest BCUT2D eigenvalue weighted by molar-refractivity contribution is 0.584. The van der Waals surface area contributed by atoms with Crippen LogP contribution in [0.2, 0.25) is 5.15 Å². The van der Waals surface area contributed by atoms with Crippen LogP contribution in [0.15, 0.2) is 30.6 Å². The van der Waals surface area contributed by atoms with Crippen molar-refractivity contribution in [2.75, 3.05) is 0 Å². The third kappa shape index (κ3) is 1.86. The highest BCUT2D eigenvalue weighted by Crippen LogP contribution is 2.26. The van der Waals surface area contributed by atoms with E-state index in [4.69, 9.17) is 16.9 Å². The highest BCUT2D eigenvalue weighted by molar-refractivity contribution is 6.30. The minimum atomic E-state index is -0.567. The molecule has 0 aliphatic heterocycles. The Morgan fingerprint density at radius 2 is 2.06 bits per heavy atom. The van der Waals surface area contributed by atoms with Crippen LogP contribution in [0.4, 0.5) is 4.39 Å². The van der Waals surface area contributed by atoms with Crippen molar-refractivity contribution in [1.29, 1.82) is 5.26 Å². The highest BCUT2D eigenvalue weighted by atomic mass is 35.5. The van der Waals surface area contributed by atoms with E-state index in [-0.39, 0.29) is 10.7 Å². The highest BCUT2D eigenvalue weighted by Gasteiger charge is 2.09. The summed E-state index contributed by atoms with van der Waals surface area (Å²) in [6.45, 7) is 0. The molecule has 0 unspecified atom stereocenters. The number of rotatable bonds is 1. The van der Waals surface area contributed by atoms with Gasteiger partial charge >= 0.3 is 0 Å². The molecule has 2 aromatic rings. The van der Waals surface area contributed by atoms with Crippen molar-refractivity contribution in [2.45, 2.75) is 0 Å². The number of nitrogens with zero attached hydrogens (tertiary/aromatic N) is 3. The van der Waals surface area contributed by atoms with Crippen LogP contribution in [0.3, 0.4) is 0 Å². The van der Waals surface area contributed by atoms with Gasteiger partial charge in [-0.2, -0.15) is 9.65 Å². The smallest absolute Gasteiger partial charge is 0.212 e. The summed E-state index contributed by atoms with van der Waals surface area (Å²) in [5.74, 6) is -0.567. The molecule has 0 atom stereocenters. The number of aromatic nitrogens is 2. The molecule has 0 radical (unpaired) electrons. The molecule has 0 spiro atoms. The summed E-state index contributed by atoms with van der Waals surface area (Å²) in [6.07, 6.45) is 2.84. The van der Waals surface area contributed by atoms with Gasteiger partial charge < -0.3 is 0 Å². The summed E-state index contributed by atoms with van der Waals surface area (Å²) in [5.41, 5.74) is 1.48. The van der Waals surface area contributed by atoms with Crippen LogP contribution in [0.25, 0.3) is 11.1 Å². The predicted octanol–water partition coefficient (Wildman–Crippen LogP) is 2.81. The van der Waals surface area contributed by atoms with Crippen molar-refractivity contribution in [3.8, 4) is 17.2 Å². The van der Waals surface area contributed by atoms with Gasteiger partial charge in [0, 0.05) is 23.5 Å². The number of halogens is 2. The Morgan fingerprint density at radius 1 is 1.25 bits per heavy atom. The summed E-state index contributed by atoms with van der Waals surface area (Å²) < 4.78 is 12.6. The summed E-state index contributed by atoms with van der Waals surface area (Å²) in [5, 5.41) is 9.08. The second-order valence-corrected chi connectivity index (χ2v) is 3.36. The number of pyridine rings is 2. The zero-order chi connectivity index (χ0) is 11.5. The number of hydrogen-bond acceptors (Lipinski definition) is 3. The van der Waals surface area contributed by atoms with E-state index in [9.17, 15) is 4.39 Å². The monoisotopic (exact) mass is 233 g/mol. The maximum absolute atomic E-state index is 12.6. The maximum Gasteiger partial charge on any atom is 0.212 e. The van der Waals surface area contributed by atoms with E-state index >= 15 is 0 Å². The molecule has 78 valence electrons. The molecule has 0 amide bonds. The van der Waals surface area contributed by atoms with E-state index in [0.29, 0.717) is 11.1 Å². The Morgan fingerprint density at radius 3 is 2.69 bits per heavy atom. The quantitative estimate of drug-likeness (QED) is 0.712. The Balaban J connectivity index is 2.61. The van der Waals surface area contributed by atoms with Crippen LogP contribution in [0.1, 0.15) is 5.56 Å². The molecule has 2 heterocycles. The second-order valence-electron chi connectivity index (χ2n) is 3.01. The Hall–Kier alpha value is -1.99. The molecule has 0 saturated carbocycles. The second kappa shape index (κ2) is 4.25. The van der Waals surface area contributed by atoms with Gasteiger partial charge in [-0.3, -0.25) is 0 Å². The van der Waals surface area contributed by atoms with Gasteiger partial charge in [-0.1, -0.05) is 11.6 Å². The molecule has 2 rings (SSSR count). The fourth-order valence-electron chi connectivity index (χ4n) is 1.32. The predicted molar refractivity (Wildman–Crippen MR) is 57.2 cm³/mol. The van der Waals surface area contributed by atoms with Crippen molar-refractivity contribution < 1.29 is 4.39 Å². The third-order valence-corrected chi connectivity index (χ3v) is 2.34. The summed E-state index contributed by atoms with van der Waals surface area (Å²) in [7, 11) is 0. The molecule has 0 bridgehead atoms. The summed E-state index contributed by atoms with van der Waals surface area (Å²) in [4.78, 5) is 7.32. The van der Waals surface area contributed by atoms with E-state index in [2.05, 4.69) is 9.97 Å². The van der Waals surface area contributed by atoms with Gasteiger partial charge in [-0.05, 0) is 18.2 Å². The molecule has 2 aromatic heterocycles. The van der Waals surface area contributed by atoms with E-state index in [1.165, 1.54) is 24.5 Å². The van der Waals surface area contributed by atoms with Crippen LogP contribution in [-0.4, -0.2) is 9.97 Å². The zero-order valence-electron chi connectivity index (χ0n) is 7.98. The van der Waals surface area contributed by atoms with Gasteiger partial charge in [0.15, 0.2) is 0 Å². The fourth-order valence-corrected chi connectivity index (χ4v) is 1.52. The molecule has 5 heteroatoms. The Kier molecular flexibility index (Phi) is 2.80. The standard InChI is InChI=1S/C11H5ClFN3/c12-11-9(5-14)8(3-4-15-11)7-1-2-10(13)16-6-7/h1-4,6H. The molecular formula is C11H5ClFN3. The normalized spacial score (nSPS) is 9.81. The lowest BCUT2D eigenvalue weighted by atomic mass is 10.0. The van der Waals surface area contributed by atoms with Gasteiger partial charge in [0.25, 0.3) is 0 Å². The molecule has 0 aliphatic rings. The minimum absolute atomic E-state index is 0.129. The molecule has 0 N–H and O–H groups in total. The van der Waals surface area contributed by atoms with E-state index in [0.717, 1.165) is 0 Å². The molecule has 0 aliphatic carbocycles. The van der Waals surface area contributed by atoms with Crippen molar-refractivity contribution in [3.63, 3.8) is 0 Å². The van der Waals surface area contributed by atoms with Crippen LogP contribution >= 0.6 is 11.6 Å². The van der Waals surface area contributed by atoms with Crippen molar-refractivity contribution in [2.24, 2.45) is 0 Å². The minimum Gasteiger partial charge on any atom is -0.243 e. The average Bonchev–Trinajstić information content (AvgIpc) is 2.30. The molecular weight excluding hydrogens is 229 g/mol. The van der Waals surface area contributed by atoms with Gasteiger partial charge in [0.05, 0.1) is 5.56 Å². The number of hydrogen-bond donors (Lipinski definition) is 0. The summed E-state index contributed by atoms with van der Waals surface area (Å²) >= 11 is 5.78. The van der Waals surface area contributed by atoms with Crippen LogP contribution in [-0.2, 0) is 0 Å². The van der Waals surface area contributed by atoms with E-state index in [1.54, 1.807) is 6.07 Å². The molecule has 0 aromatic carbocycles. The molecule has 3 nitrogen and oxygen atoms in total. The number of nitriles is 1. The molecule has 0 saturated heterocycles. The van der Waals surface area contributed by atoms with Gasteiger partial charge in [0.2, 0.25) is 5.95 Å².